The maximum atomic E-state index is 12.7. The minimum Gasteiger partial charge on any atom is -0.480 e. The normalized spacial score (nSPS) is 15.3. The fourth-order valence-corrected chi connectivity index (χ4v) is 2.65. The number of rotatable bonds is 16. The number of aliphatic hydroxyl groups is 1. The van der Waals surface area contributed by atoms with Crippen LogP contribution in [0.1, 0.15) is 52.9 Å². The van der Waals surface area contributed by atoms with Gasteiger partial charge in [-0.25, -0.2) is 0 Å². The van der Waals surface area contributed by atoms with Crippen molar-refractivity contribution in [3.8, 4) is 0 Å². The Morgan fingerprint density at radius 1 is 0.818 bits per heavy atom. The summed E-state index contributed by atoms with van der Waals surface area (Å²) in [5, 5.41) is 28.1. The van der Waals surface area contributed by atoms with E-state index in [9.17, 15) is 29.1 Å². The van der Waals surface area contributed by atoms with Gasteiger partial charge in [-0.2, -0.15) is 0 Å². The van der Waals surface area contributed by atoms with Crippen molar-refractivity contribution in [3.63, 3.8) is 0 Å². The van der Waals surface area contributed by atoms with Crippen molar-refractivity contribution >= 4 is 29.6 Å². The number of amides is 4. The number of hydrogen-bond acceptors (Lipinski definition) is 8. The van der Waals surface area contributed by atoms with E-state index in [-0.39, 0.29) is 25.9 Å². The molecule has 33 heavy (non-hydrogen) atoms. The predicted octanol–water partition coefficient (Wildman–Crippen LogP) is -2.70. The Hall–Kier alpha value is -2.77. The molecule has 0 spiro atoms. The zero-order valence-corrected chi connectivity index (χ0v) is 19.4. The number of carbonyl (C=O) groups is 5. The summed E-state index contributed by atoms with van der Waals surface area (Å²) in [5.41, 5.74) is 11.0. The molecule has 10 N–H and O–H groups in total. The first-order valence-electron chi connectivity index (χ1n) is 10.9. The summed E-state index contributed by atoms with van der Waals surface area (Å²) in [4.78, 5) is 59.7. The number of nitrogens with two attached hydrogens (primary N) is 2. The molecule has 0 aromatic heterocycles. The van der Waals surface area contributed by atoms with Crippen LogP contribution < -0.4 is 32.7 Å². The van der Waals surface area contributed by atoms with Crippen LogP contribution in [0.4, 0.5) is 0 Å². The number of aliphatic carboxylic acids is 1. The molecule has 0 heterocycles. The maximum Gasteiger partial charge on any atom is 0.325 e. The Balaban J connectivity index is 4.93. The van der Waals surface area contributed by atoms with Crippen molar-refractivity contribution in [2.24, 2.45) is 11.5 Å². The molecule has 0 aromatic rings. The molecule has 0 saturated carbocycles. The number of carboxylic acids is 1. The average molecular weight is 475 g/mol. The summed E-state index contributed by atoms with van der Waals surface area (Å²) in [6, 6.07) is -4.53. The Bertz CT molecular complexity index is 673. The number of carboxylic acid groups (broad SMARTS) is 1. The molecule has 0 radical (unpaired) electrons. The fourth-order valence-electron chi connectivity index (χ4n) is 2.65. The van der Waals surface area contributed by atoms with Gasteiger partial charge in [0.25, 0.3) is 0 Å². The highest BCUT2D eigenvalue weighted by Gasteiger charge is 2.26. The van der Waals surface area contributed by atoms with Crippen LogP contribution in [-0.4, -0.2) is 83.2 Å². The highest BCUT2D eigenvalue weighted by molar-refractivity contribution is 5.93. The molecule has 0 unspecified atom stereocenters. The lowest BCUT2D eigenvalue weighted by Crippen LogP contribution is -2.54. The van der Waals surface area contributed by atoms with Crippen molar-refractivity contribution in [2.45, 2.75) is 83.1 Å². The molecule has 0 bridgehead atoms. The summed E-state index contributed by atoms with van der Waals surface area (Å²) < 4.78 is 0. The first-order chi connectivity index (χ1) is 15.4. The number of aliphatic hydroxyl groups excluding tert-OH is 1. The fraction of sp³-hybridized carbons (Fsp3) is 0.750. The van der Waals surface area contributed by atoms with E-state index in [2.05, 4.69) is 21.3 Å². The van der Waals surface area contributed by atoms with Crippen molar-refractivity contribution in [1.82, 2.24) is 21.3 Å². The van der Waals surface area contributed by atoms with E-state index in [1.54, 1.807) is 0 Å². The second kappa shape index (κ2) is 15.9. The molecule has 13 nitrogen and oxygen atoms in total. The van der Waals surface area contributed by atoms with Gasteiger partial charge >= 0.3 is 5.97 Å². The van der Waals surface area contributed by atoms with Gasteiger partial charge in [0.2, 0.25) is 23.6 Å². The summed E-state index contributed by atoms with van der Waals surface area (Å²) in [6.07, 6.45) is 1.51. The maximum absolute atomic E-state index is 12.7. The highest BCUT2D eigenvalue weighted by atomic mass is 16.4. The third-order valence-corrected chi connectivity index (χ3v) is 4.78. The average Bonchev–Trinajstić information content (AvgIpc) is 2.75. The molecule has 5 atom stereocenters. The second-order valence-electron chi connectivity index (χ2n) is 7.92. The van der Waals surface area contributed by atoms with Gasteiger partial charge < -0.3 is 42.9 Å². The molecule has 190 valence electrons. The molecule has 0 aliphatic heterocycles. The van der Waals surface area contributed by atoms with Gasteiger partial charge in [0.1, 0.15) is 18.1 Å². The van der Waals surface area contributed by atoms with Gasteiger partial charge in [-0.1, -0.05) is 0 Å². The van der Waals surface area contributed by atoms with Crippen molar-refractivity contribution in [2.75, 3.05) is 13.2 Å². The lowest BCUT2D eigenvalue weighted by molar-refractivity contribution is -0.141. The number of unbranched alkanes of at least 4 members (excludes halogenated alkanes) is 1. The minimum atomic E-state index is -1.22. The first-order valence-corrected chi connectivity index (χ1v) is 10.9. The number of hydrogen-bond donors (Lipinski definition) is 8. The Kier molecular flexibility index (Phi) is 14.6. The second-order valence-corrected chi connectivity index (χ2v) is 7.92. The minimum absolute atomic E-state index is 0.0721. The van der Waals surface area contributed by atoms with Crippen LogP contribution in [0.15, 0.2) is 0 Å². The Morgan fingerprint density at radius 3 is 1.94 bits per heavy atom. The lowest BCUT2D eigenvalue weighted by Gasteiger charge is -2.22. The largest absolute Gasteiger partial charge is 0.480 e. The molecule has 0 aliphatic rings. The highest BCUT2D eigenvalue weighted by Crippen LogP contribution is 2.04. The Morgan fingerprint density at radius 2 is 1.42 bits per heavy atom. The molecule has 0 aliphatic carbocycles. The van der Waals surface area contributed by atoms with E-state index in [4.69, 9.17) is 16.6 Å². The van der Waals surface area contributed by atoms with Crippen LogP contribution in [0.2, 0.25) is 0 Å². The van der Waals surface area contributed by atoms with Crippen LogP contribution in [-0.2, 0) is 24.0 Å². The molecule has 13 heteroatoms. The predicted molar refractivity (Wildman–Crippen MR) is 120 cm³/mol. The molecular weight excluding hydrogens is 436 g/mol. The first kappa shape index (κ1) is 30.2. The molecule has 0 rings (SSSR count). The van der Waals surface area contributed by atoms with Crippen molar-refractivity contribution in [1.29, 1.82) is 0 Å². The zero-order chi connectivity index (χ0) is 25.6. The summed E-state index contributed by atoms with van der Waals surface area (Å²) in [7, 11) is 0. The number of carbonyl (C=O) groups excluding carboxylic acids is 4. The molecular formula is C20H38N6O7. The van der Waals surface area contributed by atoms with Crippen LogP contribution in [0.25, 0.3) is 0 Å². The summed E-state index contributed by atoms with van der Waals surface area (Å²) >= 11 is 0. The van der Waals surface area contributed by atoms with Crippen LogP contribution >= 0.6 is 0 Å². The van der Waals surface area contributed by atoms with E-state index in [1.165, 1.54) is 20.8 Å². The van der Waals surface area contributed by atoms with Crippen LogP contribution in [0.5, 0.6) is 0 Å². The standard InChI is InChI=1S/C20H38N6O7/c1-11(22)17(29)25-14(10-27)7-8-16(28)26-15(6-4-5-9-21)19(31)23-12(2)18(30)24-13(3)20(32)33/h11-15,27H,4-10,21-22H2,1-3H3,(H,23,31)(H,24,30)(H,25,29)(H,26,28)(H,32,33)/t11-,12+,13+,14+,15-/m0/s1. The van der Waals surface area contributed by atoms with Gasteiger partial charge in [0.15, 0.2) is 0 Å². The summed E-state index contributed by atoms with van der Waals surface area (Å²) in [5.74, 6) is -3.44. The zero-order valence-electron chi connectivity index (χ0n) is 19.4. The molecule has 0 aromatic carbocycles. The van der Waals surface area contributed by atoms with Crippen molar-refractivity contribution in [3.05, 3.63) is 0 Å². The third-order valence-electron chi connectivity index (χ3n) is 4.78. The van der Waals surface area contributed by atoms with E-state index in [0.717, 1.165) is 0 Å². The Labute approximate surface area is 193 Å². The van der Waals surface area contributed by atoms with Gasteiger partial charge in [0, 0.05) is 6.42 Å². The van der Waals surface area contributed by atoms with E-state index in [0.29, 0.717) is 19.4 Å². The van der Waals surface area contributed by atoms with Gasteiger partial charge in [0.05, 0.1) is 18.7 Å². The van der Waals surface area contributed by atoms with Gasteiger partial charge in [-0.05, 0) is 53.0 Å². The van der Waals surface area contributed by atoms with E-state index < -0.39 is 59.8 Å². The van der Waals surface area contributed by atoms with E-state index in [1.807, 2.05) is 0 Å². The smallest absolute Gasteiger partial charge is 0.325 e. The van der Waals surface area contributed by atoms with E-state index >= 15 is 0 Å². The SMILES string of the molecule is C[C@H](N)C(=O)N[C@@H](CO)CCC(=O)N[C@@H](CCCCN)C(=O)N[C@H](C)C(=O)N[C@H](C)C(=O)O. The molecule has 0 saturated heterocycles. The number of nitrogens with one attached hydrogen (secondary N) is 4. The summed E-state index contributed by atoms with van der Waals surface area (Å²) in [6.45, 7) is 4.21. The van der Waals surface area contributed by atoms with Crippen LogP contribution in [0, 0.1) is 0 Å². The molecule has 4 amide bonds. The monoisotopic (exact) mass is 474 g/mol. The molecule has 0 fully saturated rings. The lowest BCUT2D eigenvalue weighted by atomic mass is 10.1. The topological polar surface area (TPSA) is 226 Å². The third kappa shape index (κ3) is 12.7. The van der Waals surface area contributed by atoms with Crippen molar-refractivity contribution < 1.29 is 34.2 Å². The van der Waals surface area contributed by atoms with Gasteiger partial charge in [-0.3, -0.25) is 24.0 Å². The quantitative estimate of drug-likeness (QED) is 0.109. The van der Waals surface area contributed by atoms with Gasteiger partial charge in [-0.15, -0.1) is 0 Å². The van der Waals surface area contributed by atoms with Crippen LogP contribution in [0.3, 0.4) is 0 Å².